The molecule has 3 aromatic rings. The lowest BCUT2D eigenvalue weighted by molar-refractivity contribution is -0.122. The monoisotopic (exact) mass is 438 g/mol. The second-order valence-electron chi connectivity index (χ2n) is 8.01. The van der Waals surface area contributed by atoms with Gasteiger partial charge in [-0.3, -0.25) is 9.78 Å². The molecule has 1 aromatic carbocycles. The second kappa shape index (κ2) is 7.33. The van der Waals surface area contributed by atoms with Crippen LogP contribution >= 0.6 is 0 Å². The van der Waals surface area contributed by atoms with Crippen molar-refractivity contribution in [1.29, 1.82) is 0 Å². The van der Waals surface area contributed by atoms with Crippen LogP contribution in [0, 0.1) is 11.7 Å². The Morgan fingerprint density at radius 3 is 2.78 bits per heavy atom. The van der Waals surface area contributed by atoms with Crippen molar-refractivity contribution in [2.75, 3.05) is 5.32 Å². The molecule has 1 amide bonds. The number of benzene rings is 1. The Morgan fingerprint density at radius 2 is 2.03 bits per heavy atom. The number of halogens is 1. The molecule has 1 aliphatic heterocycles. The van der Waals surface area contributed by atoms with Gasteiger partial charge in [0, 0.05) is 48.3 Å². The number of pyridine rings is 1. The van der Waals surface area contributed by atoms with E-state index in [-0.39, 0.29) is 29.3 Å². The third kappa shape index (κ3) is 3.24. The summed E-state index contributed by atoms with van der Waals surface area (Å²) in [4.78, 5) is 29.1. The van der Waals surface area contributed by atoms with E-state index in [1.54, 1.807) is 18.5 Å². The van der Waals surface area contributed by atoms with Gasteiger partial charge in [-0.05, 0) is 31.7 Å². The van der Waals surface area contributed by atoms with E-state index < -0.39 is 22.9 Å². The number of nitrogens with one attached hydrogen (secondary N) is 1. The average molecular weight is 438 g/mol. The van der Waals surface area contributed by atoms with Crippen LogP contribution in [0.2, 0.25) is 0 Å². The molecule has 32 heavy (non-hydrogen) atoms. The van der Waals surface area contributed by atoms with Gasteiger partial charge < -0.3 is 20.3 Å². The van der Waals surface area contributed by atoms with Crippen molar-refractivity contribution in [2.24, 2.45) is 5.92 Å². The molecule has 3 N–H and O–H groups in total. The van der Waals surface area contributed by atoms with Crippen molar-refractivity contribution in [2.45, 2.75) is 31.3 Å². The molecule has 0 saturated heterocycles. The lowest BCUT2D eigenvalue weighted by Gasteiger charge is -2.35. The van der Waals surface area contributed by atoms with Crippen molar-refractivity contribution < 1.29 is 28.9 Å². The molecule has 1 spiro atoms. The topological polar surface area (TPSA) is 127 Å². The van der Waals surface area contributed by atoms with Crippen LogP contribution in [0.4, 0.5) is 10.2 Å². The summed E-state index contributed by atoms with van der Waals surface area (Å²) in [5, 5.41) is 26.1. The highest BCUT2D eigenvalue weighted by Gasteiger charge is 2.48. The molecule has 0 bridgehead atoms. The van der Waals surface area contributed by atoms with Crippen LogP contribution < -0.4 is 5.32 Å². The van der Waals surface area contributed by atoms with Crippen molar-refractivity contribution in [1.82, 2.24) is 14.8 Å². The van der Waals surface area contributed by atoms with Gasteiger partial charge in [-0.1, -0.05) is 0 Å². The molecule has 0 radical (unpaired) electrons. The van der Waals surface area contributed by atoms with E-state index in [1.165, 1.54) is 12.3 Å². The number of hydrogen-bond acceptors (Lipinski definition) is 7. The average Bonchev–Trinajstić information content (AvgIpc) is 3.31. The number of aromatic hydroxyl groups is 2. The van der Waals surface area contributed by atoms with Crippen LogP contribution in [0.1, 0.15) is 41.6 Å². The first-order valence-corrected chi connectivity index (χ1v) is 10.1. The predicted octanol–water partition coefficient (Wildman–Crippen LogP) is 3.01. The fraction of sp³-hybridized carbons (Fsp3) is 0.273. The molecular formula is C22H19FN4O5. The largest absolute Gasteiger partial charge is 0.508 e. The van der Waals surface area contributed by atoms with Gasteiger partial charge in [-0.15, -0.1) is 5.10 Å². The van der Waals surface area contributed by atoms with Crippen LogP contribution in [-0.2, 0) is 15.1 Å². The predicted molar refractivity (Wildman–Crippen MR) is 109 cm³/mol. The lowest BCUT2D eigenvalue weighted by atomic mass is 9.75. The fourth-order valence-corrected chi connectivity index (χ4v) is 4.48. The number of anilines is 1. The zero-order valence-corrected chi connectivity index (χ0v) is 16.8. The first-order chi connectivity index (χ1) is 15.4. The van der Waals surface area contributed by atoms with E-state index in [1.807, 2.05) is 0 Å². The van der Waals surface area contributed by atoms with E-state index in [9.17, 15) is 24.2 Å². The Bertz CT molecular complexity index is 1210. The quantitative estimate of drug-likeness (QED) is 0.537. The Kier molecular flexibility index (Phi) is 4.58. The third-order valence-corrected chi connectivity index (χ3v) is 6.08. The maximum absolute atomic E-state index is 14.1. The number of aromatic nitrogens is 3. The Morgan fingerprint density at radius 1 is 1.25 bits per heavy atom. The molecule has 5 rings (SSSR count). The highest BCUT2D eigenvalue weighted by molar-refractivity contribution is 5.95. The van der Waals surface area contributed by atoms with Gasteiger partial charge in [0.15, 0.2) is 11.6 Å². The SMILES string of the molecule is O=C1O[C@]2(CC[C@@H](C(=O)Nc3ccn(-c4c(O)cc(O)cc4F)n3)CC2)c2cnccc21. The molecule has 2 aliphatic rings. The van der Waals surface area contributed by atoms with Gasteiger partial charge in [0.2, 0.25) is 5.91 Å². The summed E-state index contributed by atoms with van der Waals surface area (Å²) in [7, 11) is 0. The molecule has 0 unspecified atom stereocenters. The first-order valence-electron chi connectivity index (χ1n) is 10.1. The minimum Gasteiger partial charge on any atom is -0.508 e. The summed E-state index contributed by atoms with van der Waals surface area (Å²) in [5.74, 6) is -2.46. The first kappa shape index (κ1) is 20.0. The van der Waals surface area contributed by atoms with E-state index >= 15 is 0 Å². The highest BCUT2D eigenvalue weighted by atomic mass is 19.1. The fourth-order valence-electron chi connectivity index (χ4n) is 4.48. The van der Waals surface area contributed by atoms with Gasteiger partial charge in [-0.25, -0.2) is 13.9 Å². The summed E-state index contributed by atoms with van der Waals surface area (Å²) in [6, 6.07) is 4.99. The van der Waals surface area contributed by atoms with Crippen molar-refractivity contribution in [3.8, 4) is 17.2 Å². The van der Waals surface area contributed by atoms with E-state index in [0.717, 1.165) is 22.4 Å². The summed E-state index contributed by atoms with van der Waals surface area (Å²) in [6.07, 6.45) is 6.66. The summed E-state index contributed by atoms with van der Waals surface area (Å²) in [6.45, 7) is 0. The van der Waals surface area contributed by atoms with Crippen molar-refractivity contribution in [3.05, 3.63) is 59.8 Å². The lowest BCUT2D eigenvalue weighted by Crippen LogP contribution is -2.36. The standard InChI is InChI=1S/C22H19FN4O5/c23-16-9-13(28)10-17(29)19(16)27-8-4-18(26-27)25-20(30)12-1-5-22(6-2-12)15-11-24-7-3-14(15)21(31)32-22/h3-4,7-12,28-29H,1-2,5-6H2,(H,25,26,30)/t12-,22+. The second-order valence-corrected chi connectivity index (χ2v) is 8.01. The highest BCUT2D eigenvalue weighted by Crippen LogP contribution is 2.47. The normalized spacial score (nSPS) is 21.9. The number of carbonyl (C=O) groups excluding carboxylic acids is 2. The van der Waals surface area contributed by atoms with Gasteiger partial charge in [0.1, 0.15) is 22.8 Å². The zero-order valence-electron chi connectivity index (χ0n) is 16.8. The number of hydrogen-bond donors (Lipinski definition) is 3. The van der Waals surface area contributed by atoms with Crippen LogP contribution in [0.5, 0.6) is 11.5 Å². The Labute approximate surface area is 181 Å². The Hall–Kier alpha value is -3.95. The molecule has 0 atom stereocenters. The molecule has 10 heteroatoms. The molecule has 1 fully saturated rings. The number of phenolic OH excluding ortho intramolecular Hbond substituents is 2. The maximum atomic E-state index is 14.1. The summed E-state index contributed by atoms with van der Waals surface area (Å²) < 4.78 is 20.9. The van der Waals surface area contributed by atoms with Gasteiger partial charge in [0.25, 0.3) is 0 Å². The van der Waals surface area contributed by atoms with Crippen molar-refractivity contribution in [3.63, 3.8) is 0 Å². The summed E-state index contributed by atoms with van der Waals surface area (Å²) >= 11 is 0. The maximum Gasteiger partial charge on any atom is 0.339 e. The van der Waals surface area contributed by atoms with E-state index in [0.29, 0.717) is 31.2 Å². The van der Waals surface area contributed by atoms with Crippen LogP contribution in [0.25, 0.3) is 5.69 Å². The van der Waals surface area contributed by atoms with Gasteiger partial charge in [-0.2, -0.15) is 0 Å². The molecule has 1 saturated carbocycles. The number of rotatable bonds is 3. The van der Waals surface area contributed by atoms with Gasteiger partial charge >= 0.3 is 5.97 Å². The van der Waals surface area contributed by atoms with Crippen LogP contribution in [-0.4, -0.2) is 36.9 Å². The number of esters is 1. The molecule has 9 nitrogen and oxygen atoms in total. The minimum atomic E-state index is -0.859. The minimum absolute atomic E-state index is 0.198. The molecule has 2 aromatic heterocycles. The number of fused-ring (bicyclic) bond motifs is 2. The number of carbonyl (C=O) groups is 2. The molecule has 164 valence electrons. The molecule has 1 aliphatic carbocycles. The zero-order chi connectivity index (χ0) is 22.5. The van der Waals surface area contributed by atoms with Crippen LogP contribution in [0.3, 0.4) is 0 Å². The molecular weight excluding hydrogens is 419 g/mol. The smallest absolute Gasteiger partial charge is 0.339 e. The Balaban J connectivity index is 1.27. The van der Waals surface area contributed by atoms with Crippen LogP contribution in [0.15, 0.2) is 42.9 Å². The third-order valence-electron chi connectivity index (χ3n) is 6.08. The van der Waals surface area contributed by atoms with Gasteiger partial charge in [0.05, 0.1) is 5.56 Å². The number of nitrogens with zero attached hydrogens (tertiary/aromatic N) is 3. The number of ether oxygens (including phenoxy) is 1. The number of amides is 1. The summed E-state index contributed by atoms with van der Waals surface area (Å²) in [5.41, 5.74) is 0.335. The number of phenols is 2. The van der Waals surface area contributed by atoms with E-state index in [4.69, 9.17) is 4.74 Å². The molecule has 3 heterocycles. The van der Waals surface area contributed by atoms with E-state index in [2.05, 4.69) is 15.4 Å². The van der Waals surface area contributed by atoms with Crippen molar-refractivity contribution >= 4 is 17.7 Å².